The molecule has 0 saturated carbocycles. The number of guanidine groups is 1. The van der Waals surface area contributed by atoms with Crippen LogP contribution in [-0.4, -0.2) is 53.9 Å². The number of fused-ring (bicyclic) bond motifs is 1. The van der Waals surface area contributed by atoms with Crippen LogP contribution in [0, 0.1) is 11.7 Å². The zero-order valence-electron chi connectivity index (χ0n) is 17.9. The fourth-order valence-electron chi connectivity index (χ4n) is 3.87. The average Bonchev–Trinajstić information content (AvgIpc) is 3.03. The molecule has 0 aliphatic carbocycles. The van der Waals surface area contributed by atoms with Gasteiger partial charge in [0.15, 0.2) is 6.10 Å². The predicted octanol–water partition coefficient (Wildman–Crippen LogP) is 2.92. The summed E-state index contributed by atoms with van der Waals surface area (Å²) in [5.41, 5.74) is 2.49. The number of anilines is 1. The van der Waals surface area contributed by atoms with E-state index in [1.807, 2.05) is 0 Å². The lowest BCUT2D eigenvalue weighted by atomic mass is 9.75. The van der Waals surface area contributed by atoms with Crippen molar-refractivity contribution in [3.05, 3.63) is 29.6 Å². The number of ether oxygens (including phenoxy) is 2. The van der Waals surface area contributed by atoms with E-state index in [4.69, 9.17) is 15.2 Å². The van der Waals surface area contributed by atoms with Crippen molar-refractivity contribution in [2.24, 2.45) is 10.9 Å². The number of benzene rings is 1. The molecule has 1 aromatic carbocycles. The molecule has 0 unspecified atom stereocenters. The molecule has 2 aliphatic heterocycles. The van der Waals surface area contributed by atoms with Gasteiger partial charge in [0.1, 0.15) is 22.9 Å². The van der Waals surface area contributed by atoms with Crippen molar-refractivity contribution in [3.63, 3.8) is 0 Å². The Bertz CT molecular complexity index is 960. The Kier molecular flexibility index (Phi) is 5.87. The number of hydrogen-bond donors (Lipinski definition) is 2. The number of nitrogen functional groups attached to an aromatic ring is 1. The van der Waals surface area contributed by atoms with Crippen molar-refractivity contribution in [3.8, 4) is 0 Å². The lowest BCUT2D eigenvalue weighted by molar-refractivity contribution is -0.218. The molecule has 176 valence electrons. The van der Waals surface area contributed by atoms with Crippen molar-refractivity contribution >= 4 is 23.6 Å². The van der Waals surface area contributed by atoms with Crippen LogP contribution in [0.15, 0.2) is 23.2 Å². The lowest BCUT2D eigenvalue weighted by Crippen LogP contribution is -2.60. The number of nitrogens with two attached hydrogens (primary N) is 1. The summed E-state index contributed by atoms with van der Waals surface area (Å²) in [6, 6.07) is 3.33. The van der Waals surface area contributed by atoms with Crippen molar-refractivity contribution in [2.75, 3.05) is 18.9 Å². The molecule has 3 atom stereocenters. The first-order chi connectivity index (χ1) is 14.7. The van der Waals surface area contributed by atoms with Gasteiger partial charge in [0.2, 0.25) is 11.9 Å². The standard InChI is InChI=1S/C20H24F4N4O4/c1-5-28-15(29)13-14(20(22,23)24)31-9-19(13,11-8-10(25)6-7-12(11)21)27-16(28)26-17(30)32-18(2,3)4/h6-8,13-14H,5,9,25H2,1-4H3,(H,26,27,30)/t13-,14-,19+/m0/s1. The lowest BCUT2D eigenvalue weighted by Gasteiger charge is -2.41. The van der Waals surface area contributed by atoms with Crippen molar-refractivity contribution < 1.29 is 36.6 Å². The summed E-state index contributed by atoms with van der Waals surface area (Å²) >= 11 is 0. The maximum atomic E-state index is 14.8. The summed E-state index contributed by atoms with van der Waals surface area (Å²) < 4.78 is 66.2. The normalized spacial score (nSPS) is 25.9. The van der Waals surface area contributed by atoms with Crippen LogP contribution in [0.4, 0.5) is 28.0 Å². The smallest absolute Gasteiger partial charge is 0.415 e. The molecule has 0 spiro atoms. The Morgan fingerprint density at radius 1 is 1.38 bits per heavy atom. The molecule has 0 radical (unpaired) electrons. The first-order valence-electron chi connectivity index (χ1n) is 9.84. The second kappa shape index (κ2) is 7.91. The van der Waals surface area contributed by atoms with Gasteiger partial charge in [-0.1, -0.05) is 0 Å². The maximum Gasteiger partial charge on any atom is 0.415 e. The second-order valence-electron chi connectivity index (χ2n) is 8.56. The first kappa shape index (κ1) is 23.8. The number of rotatable bonds is 2. The zero-order valence-corrected chi connectivity index (χ0v) is 17.9. The van der Waals surface area contributed by atoms with Crippen molar-refractivity contribution in [1.82, 2.24) is 10.2 Å². The van der Waals surface area contributed by atoms with Gasteiger partial charge in [-0.25, -0.2) is 14.2 Å². The van der Waals surface area contributed by atoms with Crippen LogP contribution in [0.25, 0.3) is 0 Å². The molecule has 0 bridgehead atoms. The van der Waals surface area contributed by atoms with E-state index in [9.17, 15) is 27.2 Å². The minimum absolute atomic E-state index is 0.0622. The highest BCUT2D eigenvalue weighted by Crippen LogP contribution is 2.51. The number of carbonyl (C=O) groups is 2. The van der Waals surface area contributed by atoms with Gasteiger partial charge in [-0.2, -0.15) is 13.2 Å². The Morgan fingerprint density at radius 3 is 2.59 bits per heavy atom. The average molecular weight is 460 g/mol. The van der Waals surface area contributed by atoms with Gasteiger partial charge in [-0.05, 0) is 45.9 Å². The third-order valence-corrected chi connectivity index (χ3v) is 5.10. The van der Waals surface area contributed by atoms with Crippen molar-refractivity contribution in [2.45, 2.75) is 51.1 Å². The molecular weight excluding hydrogens is 436 g/mol. The van der Waals surface area contributed by atoms with E-state index in [2.05, 4.69) is 10.3 Å². The summed E-state index contributed by atoms with van der Waals surface area (Å²) in [4.78, 5) is 30.7. The molecule has 32 heavy (non-hydrogen) atoms. The van der Waals surface area contributed by atoms with Crippen LogP contribution < -0.4 is 11.1 Å². The quantitative estimate of drug-likeness (QED) is 0.522. The zero-order chi connectivity index (χ0) is 24.1. The molecule has 1 fully saturated rings. The number of alkyl carbamates (subject to hydrolysis) is 1. The van der Waals surface area contributed by atoms with Crippen LogP contribution in [0.2, 0.25) is 0 Å². The highest BCUT2D eigenvalue weighted by molar-refractivity contribution is 6.06. The molecule has 12 heteroatoms. The second-order valence-corrected chi connectivity index (χ2v) is 8.56. The topological polar surface area (TPSA) is 106 Å². The van der Waals surface area contributed by atoms with Gasteiger partial charge in [-0.15, -0.1) is 0 Å². The fraction of sp³-hybridized carbons (Fsp3) is 0.550. The van der Waals surface area contributed by atoms with Gasteiger partial charge in [0.25, 0.3) is 0 Å². The summed E-state index contributed by atoms with van der Waals surface area (Å²) in [6.07, 6.45) is -8.41. The number of aliphatic imine (C=N–C) groups is 1. The molecule has 1 aromatic rings. The van der Waals surface area contributed by atoms with Gasteiger partial charge in [0.05, 0.1) is 6.61 Å². The Labute approximate surface area is 181 Å². The molecule has 2 amide bonds. The van der Waals surface area contributed by atoms with Crippen LogP contribution in [0.1, 0.15) is 33.3 Å². The highest BCUT2D eigenvalue weighted by atomic mass is 19.4. The minimum Gasteiger partial charge on any atom is -0.444 e. The van der Waals surface area contributed by atoms with E-state index < -0.39 is 53.8 Å². The van der Waals surface area contributed by atoms with Crippen LogP contribution in [-0.2, 0) is 19.8 Å². The molecule has 1 saturated heterocycles. The first-order valence-corrected chi connectivity index (χ1v) is 9.84. The highest BCUT2D eigenvalue weighted by Gasteiger charge is 2.66. The number of nitrogens with one attached hydrogen (secondary N) is 1. The summed E-state index contributed by atoms with van der Waals surface area (Å²) in [5, 5.41) is 2.31. The molecule has 0 aromatic heterocycles. The monoisotopic (exact) mass is 460 g/mol. The maximum absolute atomic E-state index is 14.8. The number of alkyl halides is 3. The summed E-state index contributed by atoms with van der Waals surface area (Å²) in [5.74, 6) is -4.21. The van der Waals surface area contributed by atoms with Gasteiger partial charge in [-0.3, -0.25) is 15.0 Å². The van der Waals surface area contributed by atoms with Crippen LogP contribution in [0.3, 0.4) is 0 Å². The number of halogens is 4. The molecule has 8 nitrogen and oxygen atoms in total. The third kappa shape index (κ3) is 4.23. The van der Waals surface area contributed by atoms with E-state index in [0.29, 0.717) is 0 Å². The molecule has 2 heterocycles. The van der Waals surface area contributed by atoms with E-state index >= 15 is 0 Å². The number of carbonyl (C=O) groups excluding carboxylic acids is 2. The molecule has 3 rings (SSSR count). The number of hydrogen-bond acceptors (Lipinski definition) is 6. The van der Waals surface area contributed by atoms with E-state index in [1.165, 1.54) is 13.0 Å². The largest absolute Gasteiger partial charge is 0.444 e. The number of nitrogens with zero attached hydrogens (tertiary/aromatic N) is 2. The Balaban J connectivity index is 2.19. The van der Waals surface area contributed by atoms with Gasteiger partial charge >= 0.3 is 12.3 Å². The van der Waals surface area contributed by atoms with E-state index in [0.717, 1.165) is 17.0 Å². The van der Waals surface area contributed by atoms with E-state index in [-0.39, 0.29) is 23.8 Å². The third-order valence-electron chi connectivity index (χ3n) is 5.10. The Morgan fingerprint density at radius 2 is 2.03 bits per heavy atom. The fourth-order valence-corrected chi connectivity index (χ4v) is 3.87. The summed E-state index contributed by atoms with van der Waals surface area (Å²) in [7, 11) is 0. The predicted molar refractivity (Wildman–Crippen MR) is 106 cm³/mol. The van der Waals surface area contributed by atoms with Gasteiger partial charge < -0.3 is 15.2 Å². The van der Waals surface area contributed by atoms with Crippen molar-refractivity contribution in [1.29, 1.82) is 0 Å². The summed E-state index contributed by atoms with van der Waals surface area (Å²) in [6.45, 7) is 5.47. The molecule has 2 aliphatic rings. The molecular formula is C20H24F4N4O4. The van der Waals surface area contributed by atoms with E-state index in [1.54, 1.807) is 20.8 Å². The number of amides is 2. The van der Waals surface area contributed by atoms with Crippen LogP contribution in [0.5, 0.6) is 0 Å². The Hall–Kier alpha value is -2.89. The van der Waals surface area contributed by atoms with Gasteiger partial charge in [0, 0.05) is 17.8 Å². The van der Waals surface area contributed by atoms with Crippen LogP contribution >= 0.6 is 0 Å². The SMILES string of the molecule is CCN1C(=O)[C@@H]2[C@@H](C(F)(F)F)OC[C@]2(c2cc(N)ccc2F)N=C1NC(=O)OC(C)(C)C. The molecule has 3 N–H and O–H groups in total. The minimum atomic E-state index is -4.91.